The molecule has 0 atom stereocenters. The van der Waals surface area contributed by atoms with Crippen LogP contribution in [0.25, 0.3) is 0 Å². The summed E-state index contributed by atoms with van der Waals surface area (Å²) >= 11 is 3.09. The molecule has 1 saturated heterocycles. The Morgan fingerprint density at radius 1 is 1.30 bits per heavy atom. The molecule has 1 aromatic carbocycles. The summed E-state index contributed by atoms with van der Waals surface area (Å²) in [4.78, 5) is 16.2. The summed E-state index contributed by atoms with van der Waals surface area (Å²) in [6.07, 6.45) is 0. The molecule has 4 nitrogen and oxygen atoms in total. The monoisotopic (exact) mass is 343 g/mol. The maximum Gasteiger partial charge on any atom is 0.321 e. The van der Waals surface area contributed by atoms with Crippen molar-refractivity contribution in [3.63, 3.8) is 0 Å². The molecule has 1 aliphatic rings. The lowest BCUT2D eigenvalue weighted by Crippen LogP contribution is -2.51. The van der Waals surface area contributed by atoms with Crippen molar-refractivity contribution in [2.24, 2.45) is 0 Å². The van der Waals surface area contributed by atoms with Crippen LogP contribution in [0.15, 0.2) is 22.7 Å². The van der Waals surface area contributed by atoms with E-state index in [-0.39, 0.29) is 11.8 Å². The summed E-state index contributed by atoms with van der Waals surface area (Å²) < 4.78 is 13.8. The van der Waals surface area contributed by atoms with E-state index in [9.17, 15) is 9.18 Å². The molecule has 20 heavy (non-hydrogen) atoms. The summed E-state index contributed by atoms with van der Waals surface area (Å²) in [5.41, 5.74) is 0.474. The third-order valence-electron chi connectivity index (χ3n) is 3.50. The Morgan fingerprint density at radius 3 is 2.50 bits per heavy atom. The normalized spacial score (nSPS) is 16.6. The quantitative estimate of drug-likeness (QED) is 0.895. The van der Waals surface area contributed by atoms with Gasteiger partial charge in [0.25, 0.3) is 0 Å². The van der Waals surface area contributed by atoms with Gasteiger partial charge in [-0.1, -0.05) is 0 Å². The average molecular weight is 344 g/mol. The first-order valence-corrected chi connectivity index (χ1v) is 7.51. The second kappa shape index (κ2) is 6.54. The molecule has 0 spiro atoms. The van der Waals surface area contributed by atoms with Gasteiger partial charge in [-0.05, 0) is 48.0 Å². The van der Waals surface area contributed by atoms with Gasteiger partial charge in [0.15, 0.2) is 0 Å². The van der Waals surface area contributed by atoms with Crippen molar-refractivity contribution < 1.29 is 9.18 Å². The third-order valence-corrected chi connectivity index (χ3v) is 4.15. The second-order valence-electron chi connectivity index (χ2n) is 5.18. The van der Waals surface area contributed by atoms with Gasteiger partial charge in [-0.3, -0.25) is 4.90 Å². The maximum absolute atomic E-state index is 13.4. The van der Waals surface area contributed by atoms with Crippen LogP contribution in [0.5, 0.6) is 0 Å². The van der Waals surface area contributed by atoms with E-state index in [1.165, 1.54) is 6.07 Å². The number of hydrogen-bond acceptors (Lipinski definition) is 2. The fraction of sp³-hybridized carbons (Fsp3) is 0.500. The highest BCUT2D eigenvalue weighted by Crippen LogP contribution is 2.19. The number of benzene rings is 1. The fourth-order valence-corrected chi connectivity index (χ4v) is 2.46. The Morgan fingerprint density at radius 2 is 1.95 bits per heavy atom. The van der Waals surface area contributed by atoms with Crippen LogP contribution >= 0.6 is 15.9 Å². The molecule has 1 aliphatic heterocycles. The highest BCUT2D eigenvalue weighted by atomic mass is 79.9. The molecular weight excluding hydrogens is 325 g/mol. The molecule has 0 unspecified atom stereocenters. The maximum atomic E-state index is 13.4. The minimum absolute atomic E-state index is 0.171. The van der Waals surface area contributed by atoms with Crippen molar-refractivity contribution >= 4 is 27.6 Å². The van der Waals surface area contributed by atoms with E-state index in [4.69, 9.17) is 0 Å². The molecule has 1 aromatic rings. The number of carbonyl (C=O) groups is 1. The molecule has 110 valence electrons. The molecule has 6 heteroatoms. The van der Waals surface area contributed by atoms with Gasteiger partial charge >= 0.3 is 6.03 Å². The van der Waals surface area contributed by atoms with Gasteiger partial charge in [-0.25, -0.2) is 9.18 Å². The lowest BCUT2D eigenvalue weighted by atomic mass is 10.2. The van der Waals surface area contributed by atoms with Crippen LogP contribution < -0.4 is 5.32 Å². The zero-order valence-electron chi connectivity index (χ0n) is 11.7. The molecule has 2 rings (SSSR count). The molecule has 0 aromatic heterocycles. The number of nitrogens with zero attached hydrogens (tertiary/aromatic N) is 2. The van der Waals surface area contributed by atoms with Gasteiger partial charge in [0.05, 0.1) is 4.47 Å². The number of urea groups is 1. The smallest absolute Gasteiger partial charge is 0.321 e. The molecule has 0 radical (unpaired) electrons. The first-order chi connectivity index (χ1) is 9.47. The summed E-state index contributed by atoms with van der Waals surface area (Å²) in [6.45, 7) is 7.45. The zero-order chi connectivity index (χ0) is 14.7. The Balaban J connectivity index is 1.91. The van der Waals surface area contributed by atoms with Crippen molar-refractivity contribution in [3.8, 4) is 0 Å². The van der Waals surface area contributed by atoms with Crippen LogP contribution in [0.2, 0.25) is 0 Å². The van der Waals surface area contributed by atoms with E-state index < -0.39 is 0 Å². The van der Waals surface area contributed by atoms with E-state index >= 15 is 0 Å². The van der Waals surface area contributed by atoms with Crippen molar-refractivity contribution in [1.29, 1.82) is 0 Å². The topological polar surface area (TPSA) is 35.6 Å². The standard InChI is InChI=1S/C14H19BrFN3O/c1-10(2)18-5-7-19(8-6-18)14(20)17-11-3-4-12(15)13(16)9-11/h3-4,9-10H,5-8H2,1-2H3,(H,17,20). The zero-order valence-corrected chi connectivity index (χ0v) is 13.3. The average Bonchev–Trinajstić information content (AvgIpc) is 2.43. The minimum Gasteiger partial charge on any atom is -0.322 e. The lowest BCUT2D eigenvalue weighted by Gasteiger charge is -2.36. The van der Waals surface area contributed by atoms with Crippen LogP contribution in [0.3, 0.4) is 0 Å². The van der Waals surface area contributed by atoms with Gasteiger partial charge in [-0.2, -0.15) is 0 Å². The Bertz CT molecular complexity index is 487. The molecule has 1 N–H and O–H groups in total. The predicted octanol–water partition coefficient (Wildman–Crippen LogP) is 3.15. The van der Waals surface area contributed by atoms with Crippen molar-refractivity contribution in [2.75, 3.05) is 31.5 Å². The molecule has 0 aliphatic carbocycles. The molecule has 1 fully saturated rings. The second-order valence-corrected chi connectivity index (χ2v) is 6.03. The SMILES string of the molecule is CC(C)N1CCN(C(=O)Nc2ccc(Br)c(F)c2)CC1. The Hall–Kier alpha value is -1.14. The number of piperazine rings is 1. The van der Waals surface area contributed by atoms with Crippen LogP contribution in [0.4, 0.5) is 14.9 Å². The number of amides is 2. The van der Waals surface area contributed by atoms with Gasteiger partial charge < -0.3 is 10.2 Å². The molecule has 0 saturated carbocycles. The van der Waals surface area contributed by atoms with Crippen molar-refractivity contribution in [3.05, 3.63) is 28.5 Å². The van der Waals surface area contributed by atoms with Crippen molar-refractivity contribution in [1.82, 2.24) is 9.80 Å². The number of carbonyl (C=O) groups excluding carboxylic acids is 1. The van der Waals surface area contributed by atoms with Gasteiger partial charge in [-0.15, -0.1) is 0 Å². The third kappa shape index (κ3) is 3.70. The first kappa shape index (κ1) is 15.3. The highest BCUT2D eigenvalue weighted by molar-refractivity contribution is 9.10. The number of anilines is 1. The summed E-state index contributed by atoms with van der Waals surface area (Å²) in [6, 6.07) is 4.90. The number of rotatable bonds is 2. The Kier molecular flexibility index (Phi) is 4.99. The fourth-order valence-electron chi connectivity index (χ4n) is 2.22. The Labute approximate surface area is 127 Å². The number of halogens is 2. The first-order valence-electron chi connectivity index (χ1n) is 6.72. The summed E-state index contributed by atoms with van der Waals surface area (Å²) in [5.74, 6) is -0.382. The molecule has 2 amide bonds. The number of hydrogen-bond donors (Lipinski definition) is 1. The van der Waals surface area contributed by atoms with E-state index in [0.29, 0.717) is 29.3 Å². The van der Waals surface area contributed by atoms with Gasteiger partial charge in [0.2, 0.25) is 0 Å². The summed E-state index contributed by atoms with van der Waals surface area (Å²) in [5, 5.41) is 2.73. The van der Waals surface area contributed by atoms with E-state index in [0.717, 1.165) is 13.1 Å². The molecular formula is C14H19BrFN3O. The highest BCUT2D eigenvalue weighted by Gasteiger charge is 2.22. The van der Waals surface area contributed by atoms with Crippen LogP contribution in [0, 0.1) is 5.82 Å². The van der Waals surface area contributed by atoms with E-state index in [2.05, 4.69) is 40.0 Å². The predicted molar refractivity (Wildman–Crippen MR) is 81.4 cm³/mol. The largest absolute Gasteiger partial charge is 0.322 e. The minimum atomic E-state index is -0.382. The van der Waals surface area contributed by atoms with E-state index in [1.54, 1.807) is 17.0 Å². The van der Waals surface area contributed by atoms with Crippen molar-refractivity contribution in [2.45, 2.75) is 19.9 Å². The van der Waals surface area contributed by atoms with Gasteiger partial charge in [0, 0.05) is 37.9 Å². The van der Waals surface area contributed by atoms with Crippen LogP contribution in [-0.4, -0.2) is 48.1 Å². The summed E-state index contributed by atoms with van der Waals surface area (Å²) in [7, 11) is 0. The van der Waals surface area contributed by atoms with Gasteiger partial charge in [0.1, 0.15) is 5.82 Å². The lowest BCUT2D eigenvalue weighted by molar-refractivity contribution is 0.125. The molecule has 1 heterocycles. The number of nitrogens with one attached hydrogen (secondary N) is 1. The van der Waals surface area contributed by atoms with Crippen LogP contribution in [0.1, 0.15) is 13.8 Å². The van der Waals surface area contributed by atoms with E-state index in [1.807, 2.05) is 0 Å². The molecule has 0 bridgehead atoms. The van der Waals surface area contributed by atoms with Crippen LogP contribution in [-0.2, 0) is 0 Å².